The largest absolute Gasteiger partial charge is 0.507 e. The molecule has 2 nitrogen and oxygen atoms in total. The van der Waals surface area contributed by atoms with Crippen molar-refractivity contribution in [3.8, 4) is 5.75 Å². The molecule has 0 amide bonds. The van der Waals surface area contributed by atoms with Crippen LogP contribution in [-0.2, 0) is 6.42 Å². The normalized spacial score (nSPS) is 10.8. The summed E-state index contributed by atoms with van der Waals surface area (Å²) in [6.45, 7) is 0. The molecule has 0 spiro atoms. The molecule has 0 radical (unpaired) electrons. The van der Waals surface area contributed by atoms with Gasteiger partial charge in [0.25, 0.3) is 0 Å². The average molecular weight is 244 g/mol. The fourth-order valence-electron chi connectivity index (χ4n) is 1.48. The Morgan fingerprint density at radius 3 is 2.76 bits per heavy atom. The second kappa shape index (κ2) is 5.46. The van der Waals surface area contributed by atoms with E-state index in [-0.39, 0.29) is 11.5 Å². The van der Waals surface area contributed by atoms with Crippen LogP contribution in [0.4, 0.5) is 0 Å². The van der Waals surface area contributed by atoms with Gasteiger partial charge in [-0.15, -0.1) is 11.3 Å². The van der Waals surface area contributed by atoms with Crippen LogP contribution < -0.4 is 0 Å². The first-order valence-electron chi connectivity index (χ1n) is 5.28. The highest BCUT2D eigenvalue weighted by Crippen LogP contribution is 2.17. The van der Waals surface area contributed by atoms with Gasteiger partial charge < -0.3 is 5.11 Å². The molecule has 1 heterocycles. The van der Waals surface area contributed by atoms with E-state index in [1.165, 1.54) is 17.0 Å². The van der Waals surface area contributed by atoms with Crippen LogP contribution in [0.25, 0.3) is 0 Å². The number of phenols is 1. The number of ketones is 1. The van der Waals surface area contributed by atoms with Gasteiger partial charge in [-0.05, 0) is 29.7 Å². The topological polar surface area (TPSA) is 37.3 Å². The van der Waals surface area contributed by atoms with Crippen molar-refractivity contribution in [3.63, 3.8) is 0 Å². The Balaban J connectivity index is 2.02. The van der Waals surface area contributed by atoms with E-state index in [0.717, 1.165) is 6.42 Å². The summed E-state index contributed by atoms with van der Waals surface area (Å²) < 4.78 is 0. The number of carbonyl (C=O) groups is 1. The van der Waals surface area contributed by atoms with E-state index >= 15 is 0 Å². The predicted molar refractivity (Wildman–Crippen MR) is 69.6 cm³/mol. The molecule has 2 aromatic rings. The smallest absolute Gasteiger partial charge is 0.189 e. The molecule has 0 aliphatic heterocycles. The second-order valence-corrected chi connectivity index (χ2v) is 4.60. The minimum Gasteiger partial charge on any atom is -0.507 e. The van der Waals surface area contributed by atoms with E-state index in [4.69, 9.17) is 0 Å². The zero-order valence-corrected chi connectivity index (χ0v) is 9.98. The van der Waals surface area contributed by atoms with Crippen molar-refractivity contribution in [2.75, 3.05) is 0 Å². The molecular weight excluding hydrogens is 232 g/mol. The van der Waals surface area contributed by atoms with E-state index in [1.807, 2.05) is 23.6 Å². The molecule has 1 N–H and O–H groups in total. The lowest BCUT2D eigenvalue weighted by Crippen LogP contribution is -1.94. The van der Waals surface area contributed by atoms with Gasteiger partial charge in [0.15, 0.2) is 5.78 Å². The summed E-state index contributed by atoms with van der Waals surface area (Å²) in [4.78, 5) is 13.0. The minimum absolute atomic E-state index is 0.0262. The van der Waals surface area contributed by atoms with Gasteiger partial charge in [0.05, 0.1) is 5.56 Å². The number of hydrogen-bond acceptors (Lipinski definition) is 3. The third kappa shape index (κ3) is 3.04. The van der Waals surface area contributed by atoms with Crippen LogP contribution in [0.2, 0.25) is 0 Å². The Morgan fingerprint density at radius 1 is 1.24 bits per heavy atom. The standard InChI is InChI=1S/C14H12O2S/c15-13-8-2-1-7-12(13)14(16)9-3-5-11-6-4-10-17-11/h1-4,6-10,15H,5H2. The summed E-state index contributed by atoms with van der Waals surface area (Å²) in [7, 11) is 0. The summed E-state index contributed by atoms with van der Waals surface area (Å²) in [5.41, 5.74) is 0.343. The fraction of sp³-hybridized carbons (Fsp3) is 0.0714. The molecule has 86 valence electrons. The number of benzene rings is 1. The number of aromatic hydroxyl groups is 1. The quantitative estimate of drug-likeness (QED) is 0.660. The lowest BCUT2D eigenvalue weighted by molar-refractivity contribution is 0.104. The van der Waals surface area contributed by atoms with Crippen LogP contribution in [0.15, 0.2) is 53.9 Å². The van der Waals surface area contributed by atoms with Gasteiger partial charge in [0.2, 0.25) is 0 Å². The number of carbonyl (C=O) groups excluding carboxylic acids is 1. The van der Waals surface area contributed by atoms with Gasteiger partial charge in [-0.25, -0.2) is 0 Å². The van der Waals surface area contributed by atoms with Gasteiger partial charge in [0.1, 0.15) is 5.75 Å². The van der Waals surface area contributed by atoms with Gasteiger partial charge in [-0.2, -0.15) is 0 Å². The number of allylic oxidation sites excluding steroid dienone is 2. The third-order valence-electron chi connectivity index (χ3n) is 2.34. The Kier molecular flexibility index (Phi) is 3.73. The summed E-state index contributed by atoms with van der Waals surface area (Å²) in [5, 5.41) is 11.5. The minimum atomic E-state index is -0.167. The lowest BCUT2D eigenvalue weighted by Gasteiger charge is -1.98. The van der Waals surface area contributed by atoms with Crippen LogP contribution >= 0.6 is 11.3 Å². The lowest BCUT2D eigenvalue weighted by atomic mass is 10.1. The molecule has 0 aliphatic carbocycles. The van der Waals surface area contributed by atoms with Crippen molar-refractivity contribution < 1.29 is 9.90 Å². The van der Waals surface area contributed by atoms with Crippen molar-refractivity contribution in [3.05, 3.63) is 64.4 Å². The molecule has 0 saturated carbocycles. The van der Waals surface area contributed by atoms with Crippen molar-refractivity contribution in [2.45, 2.75) is 6.42 Å². The molecule has 17 heavy (non-hydrogen) atoms. The average Bonchev–Trinajstić information content (AvgIpc) is 2.82. The van der Waals surface area contributed by atoms with Crippen LogP contribution in [-0.4, -0.2) is 10.9 Å². The molecule has 1 aromatic heterocycles. The van der Waals surface area contributed by atoms with Crippen molar-refractivity contribution in [1.82, 2.24) is 0 Å². The number of thiophene rings is 1. The van der Waals surface area contributed by atoms with Gasteiger partial charge in [-0.3, -0.25) is 4.79 Å². The van der Waals surface area contributed by atoms with E-state index in [1.54, 1.807) is 29.5 Å². The molecule has 0 bridgehead atoms. The molecule has 2 rings (SSSR count). The number of para-hydroxylation sites is 1. The van der Waals surface area contributed by atoms with E-state index in [2.05, 4.69) is 0 Å². The molecule has 1 aromatic carbocycles. The van der Waals surface area contributed by atoms with Crippen LogP contribution in [0.1, 0.15) is 15.2 Å². The first-order chi connectivity index (χ1) is 8.27. The third-order valence-corrected chi connectivity index (χ3v) is 3.24. The van der Waals surface area contributed by atoms with E-state index in [0.29, 0.717) is 5.56 Å². The van der Waals surface area contributed by atoms with E-state index < -0.39 is 0 Å². The number of hydrogen-bond donors (Lipinski definition) is 1. The number of phenolic OH excluding ortho intramolecular Hbond substituents is 1. The molecule has 0 saturated heterocycles. The first-order valence-corrected chi connectivity index (χ1v) is 6.16. The summed E-state index contributed by atoms with van der Waals surface area (Å²) in [5.74, 6) is -0.141. The highest BCUT2D eigenvalue weighted by Gasteiger charge is 2.05. The van der Waals surface area contributed by atoms with Crippen LogP contribution in [0.3, 0.4) is 0 Å². The maximum Gasteiger partial charge on any atom is 0.189 e. The van der Waals surface area contributed by atoms with Crippen LogP contribution in [0, 0.1) is 0 Å². The Labute approximate surface area is 104 Å². The summed E-state index contributed by atoms with van der Waals surface area (Å²) >= 11 is 1.66. The first kappa shape index (κ1) is 11.6. The zero-order valence-electron chi connectivity index (χ0n) is 9.17. The van der Waals surface area contributed by atoms with Gasteiger partial charge in [-0.1, -0.05) is 24.3 Å². The maximum atomic E-state index is 11.8. The molecular formula is C14H12O2S. The van der Waals surface area contributed by atoms with Gasteiger partial charge in [0, 0.05) is 11.3 Å². The highest BCUT2D eigenvalue weighted by molar-refractivity contribution is 7.09. The monoisotopic (exact) mass is 244 g/mol. The predicted octanol–water partition coefficient (Wildman–Crippen LogP) is 3.44. The molecule has 0 fully saturated rings. The van der Waals surface area contributed by atoms with Crippen LogP contribution in [0.5, 0.6) is 5.75 Å². The molecule has 0 aliphatic rings. The van der Waals surface area contributed by atoms with Gasteiger partial charge >= 0.3 is 0 Å². The number of rotatable bonds is 4. The zero-order chi connectivity index (χ0) is 12.1. The van der Waals surface area contributed by atoms with Crippen molar-refractivity contribution in [1.29, 1.82) is 0 Å². The molecule has 0 unspecified atom stereocenters. The summed E-state index contributed by atoms with van der Waals surface area (Å²) in [6, 6.07) is 10.6. The van der Waals surface area contributed by atoms with Crippen molar-refractivity contribution in [2.24, 2.45) is 0 Å². The van der Waals surface area contributed by atoms with E-state index in [9.17, 15) is 9.90 Å². The highest BCUT2D eigenvalue weighted by atomic mass is 32.1. The Bertz CT molecular complexity index is 527. The summed E-state index contributed by atoms with van der Waals surface area (Å²) in [6.07, 6.45) is 4.08. The fourth-order valence-corrected chi connectivity index (χ4v) is 2.16. The Hall–Kier alpha value is -1.87. The molecule has 3 heteroatoms. The van der Waals surface area contributed by atoms with Crippen molar-refractivity contribution >= 4 is 17.1 Å². The second-order valence-electron chi connectivity index (χ2n) is 3.57. The maximum absolute atomic E-state index is 11.8. The molecule has 0 atom stereocenters. The SMILES string of the molecule is O=C(C=CCc1cccs1)c1ccccc1O. The Morgan fingerprint density at radius 2 is 2.06 bits per heavy atom.